The van der Waals surface area contributed by atoms with E-state index in [-0.39, 0.29) is 11.8 Å². The number of rotatable bonds is 3. The lowest BCUT2D eigenvalue weighted by Crippen LogP contribution is -2.27. The van der Waals surface area contributed by atoms with Crippen LogP contribution in [0.25, 0.3) is 11.3 Å². The van der Waals surface area contributed by atoms with Gasteiger partial charge in [0.1, 0.15) is 0 Å². The predicted octanol–water partition coefficient (Wildman–Crippen LogP) is 3.86. The number of carbonyl (C=O) groups excluding carboxylic acids is 1. The van der Waals surface area contributed by atoms with Crippen LogP contribution in [0.2, 0.25) is 0 Å². The number of hydrogen-bond acceptors (Lipinski definition) is 3. The third kappa shape index (κ3) is 2.68. The molecule has 0 radical (unpaired) electrons. The SMILES string of the molecule is Cc1nc(-c2ccc(NC(=O)C3CCC3)cc2)cs1. The Labute approximate surface area is 116 Å². The van der Waals surface area contributed by atoms with Gasteiger partial charge in [0.15, 0.2) is 0 Å². The van der Waals surface area contributed by atoms with Gasteiger partial charge in [0, 0.05) is 22.5 Å². The van der Waals surface area contributed by atoms with Crippen LogP contribution >= 0.6 is 11.3 Å². The van der Waals surface area contributed by atoms with E-state index in [0.717, 1.165) is 34.8 Å². The molecule has 1 aliphatic rings. The van der Waals surface area contributed by atoms with E-state index in [9.17, 15) is 4.79 Å². The molecule has 1 aromatic carbocycles. The summed E-state index contributed by atoms with van der Waals surface area (Å²) in [4.78, 5) is 16.3. The molecule has 0 unspecified atom stereocenters. The van der Waals surface area contributed by atoms with Crippen molar-refractivity contribution in [2.24, 2.45) is 5.92 Å². The third-order valence-electron chi connectivity index (χ3n) is 3.54. The van der Waals surface area contributed by atoms with Crippen LogP contribution in [0.3, 0.4) is 0 Å². The van der Waals surface area contributed by atoms with Crippen LogP contribution in [0.1, 0.15) is 24.3 Å². The van der Waals surface area contributed by atoms with Gasteiger partial charge in [-0.05, 0) is 31.9 Å². The summed E-state index contributed by atoms with van der Waals surface area (Å²) >= 11 is 1.65. The van der Waals surface area contributed by atoms with Crippen molar-refractivity contribution >= 4 is 22.9 Å². The van der Waals surface area contributed by atoms with E-state index in [1.54, 1.807) is 11.3 Å². The van der Waals surface area contributed by atoms with Crippen LogP contribution in [0, 0.1) is 12.8 Å². The lowest BCUT2D eigenvalue weighted by atomic mass is 9.85. The maximum Gasteiger partial charge on any atom is 0.227 e. The van der Waals surface area contributed by atoms with Gasteiger partial charge >= 0.3 is 0 Å². The summed E-state index contributed by atoms with van der Waals surface area (Å²) in [6.45, 7) is 2.00. The molecule has 1 fully saturated rings. The molecule has 0 spiro atoms. The van der Waals surface area contributed by atoms with Gasteiger partial charge in [0.05, 0.1) is 10.7 Å². The Morgan fingerprint density at radius 3 is 2.58 bits per heavy atom. The zero-order chi connectivity index (χ0) is 13.2. The van der Waals surface area contributed by atoms with Gasteiger partial charge in [0.2, 0.25) is 5.91 Å². The zero-order valence-electron chi connectivity index (χ0n) is 10.8. The predicted molar refractivity (Wildman–Crippen MR) is 78.3 cm³/mol. The largest absolute Gasteiger partial charge is 0.326 e. The molecule has 0 aliphatic heterocycles. The van der Waals surface area contributed by atoms with Gasteiger partial charge in [-0.25, -0.2) is 4.98 Å². The highest BCUT2D eigenvalue weighted by atomic mass is 32.1. The Balaban J connectivity index is 1.70. The van der Waals surface area contributed by atoms with Gasteiger partial charge in [-0.1, -0.05) is 18.6 Å². The van der Waals surface area contributed by atoms with Gasteiger partial charge in [-0.2, -0.15) is 0 Å². The molecule has 1 N–H and O–H groups in total. The van der Waals surface area contributed by atoms with E-state index in [2.05, 4.69) is 15.7 Å². The minimum atomic E-state index is 0.156. The number of carbonyl (C=O) groups is 1. The van der Waals surface area contributed by atoms with E-state index in [0.29, 0.717) is 0 Å². The van der Waals surface area contributed by atoms with E-state index in [4.69, 9.17) is 0 Å². The van der Waals surface area contributed by atoms with Crippen LogP contribution in [-0.4, -0.2) is 10.9 Å². The highest BCUT2D eigenvalue weighted by Crippen LogP contribution is 2.28. The van der Waals surface area contributed by atoms with Gasteiger partial charge in [-0.3, -0.25) is 4.79 Å². The second kappa shape index (κ2) is 5.13. The topological polar surface area (TPSA) is 42.0 Å². The quantitative estimate of drug-likeness (QED) is 0.922. The summed E-state index contributed by atoms with van der Waals surface area (Å²) in [6, 6.07) is 7.90. The minimum Gasteiger partial charge on any atom is -0.326 e. The number of thiazole rings is 1. The second-order valence-corrected chi connectivity index (χ2v) is 6.01. The first kappa shape index (κ1) is 12.4. The number of nitrogens with zero attached hydrogens (tertiary/aromatic N) is 1. The molecule has 3 rings (SSSR count). The summed E-state index contributed by atoms with van der Waals surface area (Å²) in [5.74, 6) is 0.379. The van der Waals surface area contributed by atoms with Gasteiger partial charge < -0.3 is 5.32 Å². The van der Waals surface area contributed by atoms with Crippen molar-refractivity contribution in [3.8, 4) is 11.3 Å². The minimum absolute atomic E-state index is 0.156. The van der Waals surface area contributed by atoms with Crippen LogP contribution in [0.4, 0.5) is 5.69 Å². The number of anilines is 1. The van der Waals surface area contributed by atoms with E-state index >= 15 is 0 Å². The molecular formula is C15H16N2OS. The maximum absolute atomic E-state index is 11.8. The van der Waals surface area contributed by atoms with E-state index in [1.165, 1.54) is 6.42 Å². The zero-order valence-corrected chi connectivity index (χ0v) is 11.7. The van der Waals surface area contributed by atoms with Crippen molar-refractivity contribution in [2.45, 2.75) is 26.2 Å². The Bertz CT molecular complexity index is 584. The first-order valence-corrected chi connectivity index (χ1v) is 7.44. The van der Waals surface area contributed by atoms with Crippen molar-refractivity contribution in [3.63, 3.8) is 0 Å². The molecule has 19 heavy (non-hydrogen) atoms. The first-order valence-electron chi connectivity index (χ1n) is 6.56. The van der Waals surface area contributed by atoms with E-state index < -0.39 is 0 Å². The summed E-state index contributed by atoms with van der Waals surface area (Å²) < 4.78 is 0. The number of hydrogen-bond donors (Lipinski definition) is 1. The molecule has 4 heteroatoms. The molecule has 1 amide bonds. The average Bonchev–Trinajstić information content (AvgIpc) is 2.74. The highest BCUT2D eigenvalue weighted by molar-refractivity contribution is 7.09. The molecule has 1 saturated carbocycles. The lowest BCUT2D eigenvalue weighted by molar-refractivity contribution is -0.122. The van der Waals surface area contributed by atoms with Crippen molar-refractivity contribution in [2.75, 3.05) is 5.32 Å². The van der Waals surface area contributed by atoms with Gasteiger partial charge in [-0.15, -0.1) is 11.3 Å². The summed E-state index contributed by atoms with van der Waals surface area (Å²) in [5.41, 5.74) is 2.96. The lowest BCUT2D eigenvalue weighted by Gasteiger charge is -2.24. The normalized spacial score (nSPS) is 15.0. The van der Waals surface area contributed by atoms with Crippen molar-refractivity contribution < 1.29 is 4.79 Å². The standard InChI is InChI=1S/C15H16N2OS/c1-10-16-14(9-19-10)11-5-7-13(8-6-11)17-15(18)12-3-2-4-12/h5-9,12H,2-4H2,1H3,(H,17,18). The molecule has 1 heterocycles. The molecule has 0 bridgehead atoms. The Morgan fingerprint density at radius 1 is 1.32 bits per heavy atom. The van der Waals surface area contributed by atoms with Crippen molar-refractivity contribution in [3.05, 3.63) is 34.7 Å². The Kier molecular flexibility index (Phi) is 3.34. The van der Waals surface area contributed by atoms with E-state index in [1.807, 2.05) is 31.2 Å². The fourth-order valence-corrected chi connectivity index (χ4v) is 2.76. The summed E-state index contributed by atoms with van der Waals surface area (Å²) in [6.07, 6.45) is 3.24. The molecule has 1 aliphatic carbocycles. The number of benzene rings is 1. The number of aryl methyl sites for hydroxylation is 1. The molecule has 3 nitrogen and oxygen atoms in total. The first-order chi connectivity index (χ1) is 9.22. The van der Waals surface area contributed by atoms with Crippen LogP contribution < -0.4 is 5.32 Å². The molecule has 98 valence electrons. The fourth-order valence-electron chi connectivity index (χ4n) is 2.14. The monoisotopic (exact) mass is 272 g/mol. The second-order valence-electron chi connectivity index (χ2n) is 4.95. The van der Waals surface area contributed by atoms with Gasteiger partial charge in [0.25, 0.3) is 0 Å². The fraction of sp³-hybridized carbons (Fsp3) is 0.333. The number of amides is 1. The van der Waals surface area contributed by atoms with Crippen molar-refractivity contribution in [1.82, 2.24) is 4.98 Å². The number of aromatic nitrogens is 1. The van der Waals surface area contributed by atoms with Crippen LogP contribution in [0.5, 0.6) is 0 Å². The molecule has 0 saturated heterocycles. The molecule has 0 atom stereocenters. The third-order valence-corrected chi connectivity index (χ3v) is 4.32. The molecule has 2 aromatic rings. The molecular weight excluding hydrogens is 256 g/mol. The average molecular weight is 272 g/mol. The van der Waals surface area contributed by atoms with Crippen LogP contribution in [-0.2, 0) is 4.79 Å². The highest BCUT2D eigenvalue weighted by Gasteiger charge is 2.24. The summed E-state index contributed by atoms with van der Waals surface area (Å²) in [7, 11) is 0. The summed E-state index contributed by atoms with van der Waals surface area (Å²) in [5, 5.41) is 6.09. The van der Waals surface area contributed by atoms with Crippen LogP contribution in [0.15, 0.2) is 29.6 Å². The molecule has 1 aromatic heterocycles. The smallest absolute Gasteiger partial charge is 0.227 e. The Morgan fingerprint density at radius 2 is 2.05 bits per heavy atom. The van der Waals surface area contributed by atoms with Crippen molar-refractivity contribution in [1.29, 1.82) is 0 Å². The Hall–Kier alpha value is -1.68. The number of nitrogens with one attached hydrogen (secondary N) is 1. The maximum atomic E-state index is 11.8.